The number of para-hydroxylation sites is 1. The minimum atomic E-state index is -0.319. The molecule has 1 N–H and O–H groups in total. The van der Waals surface area contributed by atoms with E-state index in [1.165, 1.54) is 23.5 Å². The molecular weight excluding hydrogens is 355 g/mol. The Bertz CT molecular complexity index is 881. The molecule has 0 spiro atoms. The van der Waals surface area contributed by atoms with Crippen LogP contribution in [0.25, 0.3) is 0 Å². The minimum Gasteiger partial charge on any atom is -0.496 e. The van der Waals surface area contributed by atoms with E-state index in [0.29, 0.717) is 23.0 Å². The Morgan fingerprint density at radius 3 is 2.73 bits per heavy atom. The summed E-state index contributed by atoms with van der Waals surface area (Å²) in [6.45, 7) is 0.567. The Hall–Kier alpha value is -2.93. The van der Waals surface area contributed by atoms with E-state index in [-0.39, 0.29) is 18.3 Å². The summed E-state index contributed by atoms with van der Waals surface area (Å²) in [5.41, 5.74) is 1.22. The first-order chi connectivity index (χ1) is 12.7. The van der Waals surface area contributed by atoms with Crippen LogP contribution in [0.4, 0.5) is 4.39 Å². The number of hydrogen-bond donors (Lipinski definition) is 1. The van der Waals surface area contributed by atoms with Crippen LogP contribution in [0, 0.1) is 5.82 Å². The quantitative estimate of drug-likeness (QED) is 0.685. The number of halogens is 1. The normalized spacial score (nSPS) is 10.4. The van der Waals surface area contributed by atoms with Crippen molar-refractivity contribution in [2.75, 3.05) is 7.11 Å². The summed E-state index contributed by atoms with van der Waals surface area (Å²) in [5.74, 6) is 0.684. The van der Waals surface area contributed by atoms with Crippen LogP contribution in [0.1, 0.15) is 21.1 Å². The fraction of sp³-hybridized carbons (Fsp3) is 0.158. The molecule has 1 amide bonds. The van der Waals surface area contributed by atoms with E-state index in [0.717, 1.165) is 11.3 Å². The zero-order chi connectivity index (χ0) is 18.4. The number of rotatable bonds is 7. The number of methoxy groups -OCH3 is 1. The van der Waals surface area contributed by atoms with Crippen LogP contribution in [0.2, 0.25) is 0 Å². The number of ether oxygens (including phenoxy) is 2. The van der Waals surface area contributed by atoms with Crippen molar-refractivity contribution in [1.29, 1.82) is 0 Å². The van der Waals surface area contributed by atoms with Gasteiger partial charge in [-0.1, -0.05) is 18.2 Å². The Morgan fingerprint density at radius 1 is 1.19 bits per heavy atom. The smallest absolute Gasteiger partial charge is 0.271 e. The highest BCUT2D eigenvalue weighted by Crippen LogP contribution is 2.18. The summed E-state index contributed by atoms with van der Waals surface area (Å²) in [6.07, 6.45) is 0. The highest BCUT2D eigenvalue weighted by molar-refractivity contribution is 7.09. The van der Waals surface area contributed by atoms with Crippen molar-refractivity contribution >= 4 is 17.2 Å². The van der Waals surface area contributed by atoms with Gasteiger partial charge in [0.1, 0.15) is 34.6 Å². The molecule has 5 nitrogen and oxygen atoms in total. The third kappa shape index (κ3) is 4.58. The Labute approximate surface area is 154 Å². The summed E-state index contributed by atoms with van der Waals surface area (Å²) in [7, 11) is 1.59. The van der Waals surface area contributed by atoms with E-state index in [1.807, 2.05) is 24.3 Å². The highest BCUT2D eigenvalue weighted by Gasteiger charge is 2.12. The molecule has 0 saturated heterocycles. The van der Waals surface area contributed by atoms with Gasteiger partial charge in [-0.3, -0.25) is 4.79 Å². The first kappa shape index (κ1) is 17.9. The zero-order valence-corrected chi connectivity index (χ0v) is 14.9. The first-order valence-electron chi connectivity index (χ1n) is 7.88. The van der Waals surface area contributed by atoms with Crippen LogP contribution in [0.5, 0.6) is 11.5 Å². The maximum atomic E-state index is 12.9. The lowest BCUT2D eigenvalue weighted by Gasteiger charge is -2.08. The number of nitrogens with one attached hydrogen (secondary N) is 1. The molecule has 0 unspecified atom stereocenters. The molecule has 2 aromatic carbocycles. The topological polar surface area (TPSA) is 60.5 Å². The van der Waals surface area contributed by atoms with Crippen molar-refractivity contribution in [3.63, 3.8) is 0 Å². The lowest BCUT2D eigenvalue weighted by atomic mass is 10.2. The van der Waals surface area contributed by atoms with Crippen molar-refractivity contribution in [3.05, 3.63) is 76.0 Å². The van der Waals surface area contributed by atoms with Gasteiger partial charge in [0.25, 0.3) is 5.91 Å². The molecular formula is C19H17FN2O3S. The van der Waals surface area contributed by atoms with Gasteiger partial charge in [-0.2, -0.15) is 0 Å². The van der Waals surface area contributed by atoms with Gasteiger partial charge < -0.3 is 14.8 Å². The summed E-state index contributed by atoms with van der Waals surface area (Å²) >= 11 is 1.33. The van der Waals surface area contributed by atoms with Crippen LogP contribution in [-0.2, 0) is 13.2 Å². The number of carbonyl (C=O) groups is 1. The first-order valence-corrected chi connectivity index (χ1v) is 8.76. The number of hydrogen-bond acceptors (Lipinski definition) is 5. The monoisotopic (exact) mass is 372 g/mol. The van der Waals surface area contributed by atoms with Crippen molar-refractivity contribution < 1.29 is 18.7 Å². The lowest BCUT2D eigenvalue weighted by molar-refractivity contribution is 0.0946. The second-order valence-electron chi connectivity index (χ2n) is 5.36. The number of amides is 1. The van der Waals surface area contributed by atoms with Gasteiger partial charge in [0.05, 0.1) is 7.11 Å². The van der Waals surface area contributed by atoms with Gasteiger partial charge >= 0.3 is 0 Å². The number of aromatic nitrogens is 1. The molecule has 0 bridgehead atoms. The molecule has 0 radical (unpaired) electrons. The van der Waals surface area contributed by atoms with Crippen LogP contribution in [-0.4, -0.2) is 18.0 Å². The summed E-state index contributed by atoms with van der Waals surface area (Å²) in [6, 6.07) is 13.2. The van der Waals surface area contributed by atoms with Gasteiger partial charge in [-0.05, 0) is 30.3 Å². The zero-order valence-electron chi connectivity index (χ0n) is 14.1. The molecule has 3 rings (SSSR count). The fourth-order valence-electron chi connectivity index (χ4n) is 2.27. The Morgan fingerprint density at radius 2 is 1.96 bits per heavy atom. The molecule has 7 heteroatoms. The predicted octanol–water partition coefficient (Wildman–Crippen LogP) is 3.80. The molecule has 1 aromatic heterocycles. The van der Waals surface area contributed by atoms with E-state index >= 15 is 0 Å². The van der Waals surface area contributed by atoms with E-state index < -0.39 is 0 Å². The van der Waals surface area contributed by atoms with Gasteiger partial charge in [0.15, 0.2) is 0 Å². The predicted molar refractivity (Wildman–Crippen MR) is 97.0 cm³/mol. The van der Waals surface area contributed by atoms with Crippen molar-refractivity contribution in [2.45, 2.75) is 13.2 Å². The van der Waals surface area contributed by atoms with Crippen LogP contribution < -0.4 is 14.8 Å². The van der Waals surface area contributed by atoms with Crippen molar-refractivity contribution in [1.82, 2.24) is 10.3 Å². The molecule has 0 aliphatic heterocycles. The lowest BCUT2D eigenvalue weighted by Crippen LogP contribution is -2.23. The fourth-order valence-corrected chi connectivity index (χ4v) is 2.96. The van der Waals surface area contributed by atoms with Gasteiger partial charge in [0.2, 0.25) is 0 Å². The second-order valence-corrected chi connectivity index (χ2v) is 6.31. The van der Waals surface area contributed by atoms with E-state index in [9.17, 15) is 9.18 Å². The largest absolute Gasteiger partial charge is 0.496 e. The molecule has 0 atom stereocenters. The number of carbonyl (C=O) groups excluding carboxylic acids is 1. The van der Waals surface area contributed by atoms with Crippen LogP contribution in [0.15, 0.2) is 53.9 Å². The third-order valence-electron chi connectivity index (χ3n) is 3.59. The van der Waals surface area contributed by atoms with Gasteiger partial charge in [-0.25, -0.2) is 9.37 Å². The van der Waals surface area contributed by atoms with Gasteiger partial charge in [-0.15, -0.1) is 11.3 Å². The maximum absolute atomic E-state index is 12.9. The van der Waals surface area contributed by atoms with Crippen molar-refractivity contribution in [2.24, 2.45) is 0 Å². The molecule has 0 fully saturated rings. The van der Waals surface area contributed by atoms with Gasteiger partial charge in [0, 0.05) is 17.5 Å². The molecule has 0 aliphatic carbocycles. The maximum Gasteiger partial charge on any atom is 0.271 e. The average Bonchev–Trinajstić information content (AvgIpc) is 3.15. The van der Waals surface area contributed by atoms with E-state index in [4.69, 9.17) is 9.47 Å². The minimum absolute atomic E-state index is 0.218. The molecule has 134 valence electrons. The Kier molecular flexibility index (Phi) is 5.80. The SMILES string of the molecule is COc1ccccc1CNC(=O)c1csc(COc2ccc(F)cc2)n1. The van der Waals surface area contributed by atoms with Crippen molar-refractivity contribution in [3.8, 4) is 11.5 Å². The van der Waals surface area contributed by atoms with Crippen LogP contribution in [0.3, 0.4) is 0 Å². The standard InChI is InChI=1S/C19H17FN2O3S/c1-24-17-5-3-2-4-13(17)10-21-19(23)16-12-26-18(22-16)11-25-15-8-6-14(20)7-9-15/h2-9,12H,10-11H2,1H3,(H,21,23). The van der Waals surface area contributed by atoms with Crippen LogP contribution >= 0.6 is 11.3 Å². The summed E-state index contributed by atoms with van der Waals surface area (Å²) < 4.78 is 23.7. The molecule has 0 aliphatic rings. The second kappa shape index (κ2) is 8.44. The van der Waals surface area contributed by atoms with E-state index in [2.05, 4.69) is 10.3 Å². The Balaban J connectivity index is 1.55. The summed E-state index contributed by atoms with van der Waals surface area (Å²) in [5, 5.41) is 5.17. The molecule has 26 heavy (non-hydrogen) atoms. The third-order valence-corrected chi connectivity index (χ3v) is 4.41. The van der Waals surface area contributed by atoms with E-state index in [1.54, 1.807) is 24.6 Å². The molecule has 1 heterocycles. The summed E-state index contributed by atoms with van der Waals surface area (Å²) in [4.78, 5) is 16.5. The number of benzene rings is 2. The number of nitrogens with zero attached hydrogens (tertiary/aromatic N) is 1. The average molecular weight is 372 g/mol. The molecule has 3 aromatic rings. The highest BCUT2D eigenvalue weighted by atomic mass is 32.1. The molecule has 0 saturated carbocycles. The number of thiazole rings is 1.